The molecule has 80 valence electrons. The van der Waals surface area contributed by atoms with E-state index < -0.39 is 0 Å². The Labute approximate surface area is 88.5 Å². The molecule has 1 rings (SSSR count). The van der Waals surface area contributed by atoms with Gasteiger partial charge in [-0.05, 0) is 49.5 Å². The van der Waals surface area contributed by atoms with Gasteiger partial charge in [-0.3, -0.25) is 0 Å². The highest BCUT2D eigenvalue weighted by Crippen LogP contribution is 2.43. The van der Waals surface area contributed by atoms with Crippen LogP contribution in [0.5, 0.6) is 0 Å². The predicted molar refractivity (Wildman–Crippen MR) is 61.7 cm³/mol. The second kappa shape index (κ2) is 4.84. The lowest BCUT2D eigenvalue weighted by Gasteiger charge is -2.40. The van der Waals surface area contributed by atoms with Crippen molar-refractivity contribution in [3.05, 3.63) is 0 Å². The quantitative estimate of drug-likeness (QED) is 0.685. The van der Waals surface area contributed by atoms with Gasteiger partial charge in [0, 0.05) is 6.42 Å². The van der Waals surface area contributed by atoms with Crippen molar-refractivity contribution < 1.29 is 0 Å². The third-order valence-corrected chi connectivity index (χ3v) is 3.64. The van der Waals surface area contributed by atoms with Crippen LogP contribution >= 0.6 is 0 Å². The molecule has 1 aliphatic rings. The molecule has 14 heavy (non-hydrogen) atoms. The van der Waals surface area contributed by atoms with Crippen LogP contribution in [0.15, 0.2) is 0 Å². The zero-order valence-electron chi connectivity index (χ0n) is 9.55. The zero-order valence-corrected chi connectivity index (χ0v) is 9.55. The molecule has 0 radical (unpaired) electrons. The standard InChI is InChI=1S/C13H23N/c1-4-5-6-11-9-13(2,3)8-7-12(11)10-14/h1,11-12H,5-10,14H2,2-3H3. The molecule has 1 aliphatic carbocycles. The van der Waals surface area contributed by atoms with Crippen molar-refractivity contribution in [1.82, 2.24) is 0 Å². The van der Waals surface area contributed by atoms with Gasteiger partial charge in [0.1, 0.15) is 0 Å². The van der Waals surface area contributed by atoms with Gasteiger partial charge in [-0.2, -0.15) is 0 Å². The van der Waals surface area contributed by atoms with Gasteiger partial charge in [0.15, 0.2) is 0 Å². The molecule has 0 amide bonds. The SMILES string of the molecule is C#CCCC1CC(C)(C)CCC1CN. The Morgan fingerprint density at radius 3 is 2.71 bits per heavy atom. The first-order chi connectivity index (χ1) is 6.59. The first-order valence-electron chi connectivity index (χ1n) is 5.72. The minimum atomic E-state index is 0.505. The van der Waals surface area contributed by atoms with E-state index in [9.17, 15) is 0 Å². The van der Waals surface area contributed by atoms with Gasteiger partial charge in [-0.25, -0.2) is 0 Å². The molecule has 0 heterocycles. The fourth-order valence-electron chi connectivity index (χ4n) is 2.71. The van der Waals surface area contributed by atoms with Gasteiger partial charge in [0.05, 0.1) is 0 Å². The molecular weight excluding hydrogens is 170 g/mol. The summed E-state index contributed by atoms with van der Waals surface area (Å²) in [5.41, 5.74) is 6.31. The van der Waals surface area contributed by atoms with Crippen molar-refractivity contribution in [1.29, 1.82) is 0 Å². The molecule has 1 nitrogen and oxygen atoms in total. The van der Waals surface area contributed by atoms with Crippen LogP contribution in [0.4, 0.5) is 0 Å². The van der Waals surface area contributed by atoms with Gasteiger partial charge in [-0.1, -0.05) is 13.8 Å². The van der Waals surface area contributed by atoms with E-state index in [0.717, 1.165) is 24.8 Å². The van der Waals surface area contributed by atoms with Crippen molar-refractivity contribution in [3.63, 3.8) is 0 Å². The molecule has 0 aromatic heterocycles. The van der Waals surface area contributed by atoms with Crippen molar-refractivity contribution in [3.8, 4) is 12.3 Å². The summed E-state index contributed by atoms with van der Waals surface area (Å²) in [6.07, 6.45) is 11.3. The number of terminal acetylenes is 1. The Kier molecular flexibility index (Phi) is 4.01. The van der Waals surface area contributed by atoms with Gasteiger partial charge in [0.25, 0.3) is 0 Å². The first-order valence-corrected chi connectivity index (χ1v) is 5.72. The summed E-state index contributed by atoms with van der Waals surface area (Å²) in [6, 6.07) is 0. The molecule has 0 bridgehead atoms. The maximum atomic E-state index is 5.80. The third-order valence-electron chi connectivity index (χ3n) is 3.64. The number of hydrogen-bond donors (Lipinski definition) is 1. The van der Waals surface area contributed by atoms with Crippen molar-refractivity contribution in [2.75, 3.05) is 6.54 Å². The molecule has 2 atom stereocenters. The van der Waals surface area contributed by atoms with Crippen molar-refractivity contribution >= 4 is 0 Å². The second-order valence-corrected chi connectivity index (χ2v) is 5.41. The minimum absolute atomic E-state index is 0.505. The summed E-state index contributed by atoms with van der Waals surface area (Å²) in [6.45, 7) is 5.57. The summed E-state index contributed by atoms with van der Waals surface area (Å²) in [7, 11) is 0. The van der Waals surface area contributed by atoms with Crippen LogP contribution in [-0.4, -0.2) is 6.54 Å². The van der Waals surface area contributed by atoms with Crippen molar-refractivity contribution in [2.45, 2.75) is 46.0 Å². The summed E-state index contributed by atoms with van der Waals surface area (Å²) in [5.74, 6) is 4.23. The normalized spacial score (nSPS) is 31.0. The van der Waals surface area contributed by atoms with Gasteiger partial charge in [0.2, 0.25) is 0 Å². The zero-order chi connectivity index (χ0) is 10.6. The van der Waals surface area contributed by atoms with E-state index in [2.05, 4.69) is 19.8 Å². The average Bonchev–Trinajstić information content (AvgIpc) is 2.14. The molecule has 0 aromatic carbocycles. The lowest BCUT2D eigenvalue weighted by atomic mass is 9.66. The summed E-state index contributed by atoms with van der Waals surface area (Å²) in [5, 5.41) is 0. The van der Waals surface area contributed by atoms with E-state index in [4.69, 9.17) is 12.2 Å². The molecular formula is C13H23N. The first kappa shape index (κ1) is 11.6. The van der Waals surface area contributed by atoms with Gasteiger partial charge >= 0.3 is 0 Å². The minimum Gasteiger partial charge on any atom is -0.330 e. The number of rotatable bonds is 3. The van der Waals surface area contributed by atoms with E-state index in [1.54, 1.807) is 0 Å². The number of hydrogen-bond acceptors (Lipinski definition) is 1. The molecule has 0 aromatic rings. The third kappa shape index (κ3) is 3.03. The molecule has 2 unspecified atom stereocenters. The lowest BCUT2D eigenvalue weighted by molar-refractivity contribution is 0.116. The lowest BCUT2D eigenvalue weighted by Crippen LogP contribution is -2.33. The van der Waals surface area contributed by atoms with Gasteiger partial charge < -0.3 is 5.73 Å². The predicted octanol–water partition coefficient (Wildman–Crippen LogP) is 2.80. The largest absolute Gasteiger partial charge is 0.330 e. The smallest absolute Gasteiger partial charge is 0.00888 e. The molecule has 0 aliphatic heterocycles. The second-order valence-electron chi connectivity index (χ2n) is 5.41. The van der Waals surface area contributed by atoms with Crippen molar-refractivity contribution in [2.24, 2.45) is 23.0 Å². The molecule has 0 saturated heterocycles. The Morgan fingerprint density at radius 2 is 2.14 bits per heavy atom. The van der Waals surface area contributed by atoms with Crippen LogP contribution in [0.25, 0.3) is 0 Å². The molecule has 2 N–H and O–H groups in total. The highest BCUT2D eigenvalue weighted by Gasteiger charge is 2.33. The highest BCUT2D eigenvalue weighted by atomic mass is 14.6. The molecule has 1 saturated carbocycles. The van der Waals surface area contributed by atoms with E-state index in [1.807, 2.05) is 0 Å². The Bertz CT molecular complexity index is 212. The van der Waals surface area contributed by atoms with Crippen LogP contribution in [0.3, 0.4) is 0 Å². The Balaban J connectivity index is 2.52. The summed E-state index contributed by atoms with van der Waals surface area (Å²) in [4.78, 5) is 0. The maximum absolute atomic E-state index is 5.80. The van der Waals surface area contributed by atoms with Gasteiger partial charge in [-0.15, -0.1) is 12.3 Å². The Hall–Kier alpha value is -0.480. The molecule has 1 heteroatoms. The highest BCUT2D eigenvalue weighted by molar-refractivity contribution is 4.90. The number of nitrogens with two attached hydrogens (primary N) is 1. The van der Waals surface area contributed by atoms with E-state index in [1.165, 1.54) is 25.7 Å². The van der Waals surface area contributed by atoms with Crippen LogP contribution in [0.2, 0.25) is 0 Å². The van der Waals surface area contributed by atoms with E-state index >= 15 is 0 Å². The maximum Gasteiger partial charge on any atom is 0.00888 e. The molecule has 0 spiro atoms. The average molecular weight is 193 g/mol. The van der Waals surface area contributed by atoms with Crippen LogP contribution < -0.4 is 5.73 Å². The topological polar surface area (TPSA) is 26.0 Å². The molecule has 1 fully saturated rings. The summed E-state index contributed by atoms with van der Waals surface area (Å²) < 4.78 is 0. The van der Waals surface area contributed by atoms with E-state index in [-0.39, 0.29) is 0 Å². The van der Waals surface area contributed by atoms with Crippen LogP contribution in [0, 0.1) is 29.6 Å². The van der Waals surface area contributed by atoms with Crippen LogP contribution in [-0.2, 0) is 0 Å². The van der Waals surface area contributed by atoms with E-state index in [0.29, 0.717) is 5.41 Å². The van der Waals surface area contributed by atoms with Crippen LogP contribution in [0.1, 0.15) is 46.0 Å². The summed E-state index contributed by atoms with van der Waals surface area (Å²) >= 11 is 0. The Morgan fingerprint density at radius 1 is 1.43 bits per heavy atom. The fraction of sp³-hybridized carbons (Fsp3) is 0.846. The fourth-order valence-corrected chi connectivity index (χ4v) is 2.71. The monoisotopic (exact) mass is 193 g/mol.